The van der Waals surface area contributed by atoms with Gasteiger partial charge in [0, 0.05) is 11.1 Å². The lowest BCUT2D eigenvalue weighted by atomic mass is 9.98. The number of aliphatic hydroxyl groups is 1. The van der Waals surface area contributed by atoms with Crippen molar-refractivity contribution in [3.05, 3.63) is 70.3 Å². The van der Waals surface area contributed by atoms with E-state index in [-0.39, 0.29) is 5.78 Å². The maximum Gasteiger partial charge on any atom is 0.331 e. The summed E-state index contributed by atoms with van der Waals surface area (Å²) in [5, 5.41) is 11.8. The minimum atomic E-state index is -1.24. The number of ether oxygens (including phenoxy) is 1. The number of nitrogens with one attached hydrogen (secondary N) is 1. The standard InChI is InChI=1S/C21H23NO5/c1-13-9-15(3)17(10-14(13)2)19(24)12-27-21(26)18(11-23)22-20(25)16-7-5-4-6-8-16/h4-10,18,23H,11-12H2,1-3H3,(H,22,25). The molecule has 0 aliphatic rings. The van der Waals surface area contributed by atoms with Gasteiger partial charge in [-0.15, -0.1) is 0 Å². The van der Waals surface area contributed by atoms with E-state index in [1.54, 1.807) is 36.4 Å². The van der Waals surface area contributed by atoms with Gasteiger partial charge in [0.2, 0.25) is 5.78 Å². The lowest BCUT2D eigenvalue weighted by Gasteiger charge is -2.15. The van der Waals surface area contributed by atoms with E-state index in [1.807, 2.05) is 26.8 Å². The molecule has 1 amide bonds. The van der Waals surface area contributed by atoms with Crippen molar-refractivity contribution in [2.24, 2.45) is 0 Å². The summed E-state index contributed by atoms with van der Waals surface area (Å²) in [4.78, 5) is 36.6. The Kier molecular flexibility index (Phi) is 6.85. The third kappa shape index (κ3) is 5.24. The molecule has 6 nitrogen and oxygen atoms in total. The lowest BCUT2D eigenvalue weighted by molar-refractivity contribution is -0.145. The van der Waals surface area contributed by atoms with E-state index in [0.29, 0.717) is 11.1 Å². The first-order valence-corrected chi connectivity index (χ1v) is 8.58. The molecule has 0 fully saturated rings. The van der Waals surface area contributed by atoms with Crippen LogP contribution in [0, 0.1) is 20.8 Å². The van der Waals surface area contributed by atoms with Gasteiger partial charge in [-0.25, -0.2) is 4.79 Å². The molecule has 2 rings (SSSR count). The van der Waals surface area contributed by atoms with Gasteiger partial charge in [0.15, 0.2) is 12.6 Å². The summed E-state index contributed by atoms with van der Waals surface area (Å²) < 4.78 is 5.01. The molecule has 0 aliphatic carbocycles. The molecule has 2 aromatic rings. The van der Waals surface area contributed by atoms with Crippen molar-refractivity contribution >= 4 is 17.7 Å². The number of rotatable bonds is 7. The lowest BCUT2D eigenvalue weighted by Crippen LogP contribution is -2.44. The second-order valence-electron chi connectivity index (χ2n) is 6.36. The Balaban J connectivity index is 1.98. The van der Waals surface area contributed by atoms with Gasteiger partial charge in [0.05, 0.1) is 6.61 Å². The third-order valence-corrected chi connectivity index (χ3v) is 4.30. The second-order valence-corrected chi connectivity index (χ2v) is 6.36. The quantitative estimate of drug-likeness (QED) is 0.576. The van der Waals surface area contributed by atoms with Crippen molar-refractivity contribution in [3.8, 4) is 0 Å². The number of esters is 1. The van der Waals surface area contributed by atoms with E-state index in [9.17, 15) is 19.5 Å². The Morgan fingerprint density at radius 3 is 2.26 bits per heavy atom. The van der Waals surface area contributed by atoms with E-state index in [4.69, 9.17) is 4.74 Å². The van der Waals surface area contributed by atoms with Crippen LogP contribution in [-0.2, 0) is 9.53 Å². The predicted octanol–water partition coefficient (Wildman–Crippen LogP) is 2.13. The summed E-state index contributed by atoms with van der Waals surface area (Å²) in [5.41, 5.74) is 3.68. The average Bonchev–Trinajstić information content (AvgIpc) is 2.67. The Morgan fingerprint density at radius 1 is 1.00 bits per heavy atom. The van der Waals surface area contributed by atoms with Gasteiger partial charge in [0.1, 0.15) is 0 Å². The van der Waals surface area contributed by atoms with Crippen molar-refractivity contribution in [2.75, 3.05) is 13.2 Å². The van der Waals surface area contributed by atoms with Crippen LogP contribution in [0.2, 0.25) is 0 Å². The largest absolute Gasteiger partial charge is 0.456 e. The second kappa shape index (κ2) is 9.09. The highest BCUT2D eigenvalue weighted by Gasteiger charge is 2.23. The molecule has 0 heterocycles. The number of amides is 1. The molecule has 0 saturated heterocycles. The molecule has 6 heteroatoms. The molecule has 1 unspecified atom stereocenters. The van der Waals surface area contributed by atoms with E-state index >= 15 is 0 Å². The number of Topliss-reactive ketones (excluding diaryl/α,β-unsaturated/α-hetero) is 1. The molecule has 0 radical (unpaired) electrons. The minimum Gasteiger partial charge on any atom is -0.456 e. The Labute approximate surface area is 158 Å². The first-order chi connectivity index (χ1) is 12.8. The summed E-state index contributed by atoms with van der Waals surface area (Å²) >= 11 is 0. The Bertz CT molecular complexity index is 845. The molecule has 2 N–H and O–H groups in total. The molecule has 27 heavy (non-hydrogen) atoms. The van der Waals surface area contributed by atoms with Crippen LogP contribution in [0.15, 0.2) is 42.5 Å². The van der Waals surface area contributed by atoms with Crippen molar-refractivity contribution in [1.82, 2.24) is 5.32 Å². The van der Waals surface area contributed by atoms with Crippen LogP contribution in [0.3, 0.4) is 0 Å². The summed E-state index contributed by atoms with van der Waals surface area (Å²) in [6.07, 6.45) is 0. The number of carbonyl (C=O) groups excluding carboxylic acids is 3. The maximum absolute atomic E-state index is 12.4. The van der Waals surface area contributed by atoms with Crippen LogP contribution < -0.4 is 5.32 Å². The van der Waals surface area contributed by atoms with Crippen molar-refractivity contribution in [1.29, 1.82) is 0 Å². The number of hydrogen-bond donors (Lipinski definition) is 2. The van der Waals surface area contributed by atoms with Crippen molar-refractivity contribution in [2.45, 2.75) is 26.8 Å². The smallest absolute Gasteiger partial charge is 0.331 e. The summed E-state index contributed by atoms with van der Waals surface area (Å²) in [5.74, 6) is -1.71. The molecular formula is C21H23NO5. The zero-order valence-electron chi connectivity index (χ0n) is 15.6. The summed E-state index contributed by atoms with van der Waals surface area (Å²) in [6, 6.07) is 10.7. The van der Waals surface area contributed by atoms with Crippen molar-refractivity contribution < 1.29 is 24.2 Å². The maximum atomic E-state index is 12.4. The fourth-order valence-electron chi connectivity index (χ4n) is 2.59. The van der Waals surface area contributed by atoms with Gasteiger partial charge >= 0.3 is 5.97 Å². The molecule has 0 aromatic heterocycles. The number of ketones is 1. The zero-order valence-corrected chi connectivity index (χ0v) is 15.6. The molecule has 0 bridgehead atoms. The summed E-state index contributed by atoms with van der Waals surface area (Å²) in [7, 11) is 0. The minimum absolute atomic E-state index is 0.338. The highest BCUT2D eigenvalue weighted by molar-refractivity contribution is 6.00. The first-order valence-electron chi connectivity index (χ1n) is 8.58. The van der Waals surface area contributed by atoms with Crippen molar-refractivity contribution in [3.63, 3.8) is 0 Å². The topological polar surface area (TPSA) is 92.7 Å². The van der Waals surface area contributed by atoms with E-state index in [1.165, 1.54) is 0 Å². The van der Waals surface area contributed by atoms with Crippen LogP contribution in [0.5, 0.6) is 0 Å². The molecule has 0 saturated carbocycles. The molecule has 1 atom stereocenters. The van der Waals surface area contributed by atoms with Crippen LogP contribution >= 0.6 is 0 Å². The molecular weight excluding hydrogens is 346 g/mol. The Hall–Kier alpha value is -2.99. The van der Waals surface area contributed by atoms with Crippen LogP contribution in [0.4, 0.5) is 0 Å². The predicted molar refractivity (Wildman–Crippen MR) is 101 cm³/mol. The average molecular weight is 369 g/mol. The fraction of sp³-hybridized carbons (Fsp3) is 0.286. The Morgan fingerprint density at radius 2 is 1.63 bits per heavy atom. The number of hydrogen-bond acceptors (Lipinski definition) is 5. The van der Waals surface area contributed by atoms with Gasteiger partial charge in [0.25, 0.3) is 5.91 Å². The number of carbonyl (C=O) groups is 3. The number of aliphatic hydroxyl groups excluding tert-OH is 1. The highest BCUT2D eigenvalue weighted by Crippen LogP contribution is 2.16. The van der Waals surface area contributed by atoms with E-state index in [0.717, 1.165) is 16.7 Å². The third-order valence-electron chi connectivity index (χ3n) is 4.30. The monoisotopic (exact) mass is 369 g/mol. The van der Waals surface area contributed by atoms with Gasteiger partial charge < -0.3 is 15.2 Å². The number of benzene rings is 2. The van der Waals surface area contributed by atoms with E-state index in [2.05, 4.69) is 5.32 Å². The van der Waals surface area contributed by atoms with Gasteiger partial charge in [-0.2, -0.15) is 0 Å². The van der Waals surface area contributed by atoms with Crippen LogP contribution in [-0.4, -0.2) is 42.0 Å². The summed E-state index contributed by atoms with van der Waals surface area (Å²) in [6.45, 7) is 4.59. The highest BCUT2D eigenvalue weighted by atomic mass is 16.5. The van der Waals surface area contributed by atoms with Crippen LogP contribution in [0.1, 0.15) is 37.4 Å². The van der Waals surface area contributed by atoms with Gasteiger partial charge in [-0.3, -0.25) is 9.59 Å². The normalized spacial score (nSPS) is 11.6. The van der Waals surface area contributed by atoms with Gasteiger partial charge in [-0.1, -0.05) is 24.3 Å². The SMILES string of the molecule is Cc1cc(C)c(C(=O)COC(=O)C(CO)NC(=O)c2ccccc2)cc1C. The molecule has 0 aliphatic heterocycles. The zero-order chi connectivity index (χ0) is 20.0. The van der Waals surface area contributed by atoms with Gasteiger partial charge in [-0.05, 0) is 55.7 Å². The molecule has 142 valence electrons. The first kappa shape index (κ1) is 20.3. The molecule has 2 aromatic carbocycles. The van der Waals surface area contributed by atoms with Crippen LogP contribution in [0.25, 0.3) is 0 Å². The number of aryl methyl sites for hydroxylation is 3. The van der Waals surface area contributed by atoms with E-state index < -0.39 is 31.1 Å². The molecule has 0 spiro atoms. The fourth-order valence-corrected chi connectivity index (χ4v) is 2.59.